The summed E-state index contributed by atoms with van der Waals surface area (Å²) in [6, 6.07) is 8.47. The number of piperidine rings is 1. The van der Waals surface area contributed by atoms with Gasteiger partial charge in [-0.15, -0.1) is 0 Å². The number of Topliss-reactive ketones (excluding diaryl/α,β-unsaturated/α-hetero) is 1. The smallest absolute Gasteiger partial charge is 0.161 e. The van der Waals surface area contributed by atoms with Gasteiger partial charge in [-0.1, -0.05) is 12.1 Å². The fourth-order valence-corrected chi connectivity index (χ4v) is 2.61. The minimum absolute atomic E-state index is 0.288. The van der Waals surface area contributed by atoms with Gasteiger partial charge >= 0.3 is 0 Å². The van der Waals surface area contributed by atoms with Crippen LogP contribution in [0.5, 0.6) is 0 Å². The van der Waals surface area contributed by atoms with Crippen LogP contribution in [0.1, 0.15) is 25.8 Å². The van der Waals surface area contributed by atoms with Gasteiger partial charge in [-0.05, 0) is 44.7 Å². The largest absolute Gasteiger partial charge is 0.372 e. The van der Waals surface area contributed by atoms with E-state index in [9.17, 15) is 4.79 Å². The SMILES string of the molecule is CCN(CC)c1ccc(/C=C2\CN(C)CCC2=O)cc1. The molecule has 1 saturated heterocycles. The highest BCUT2D eigenvalue weighted by Crippen LogP contribution is 2.19. The van der Waals surface area contributed by atoms with Crippen LogP contribution in [0.4, 0.5) is 5.69 Å². The lowest BCUT2D eigenvalue weighted by atomic mass is 10.0. The van der Waals surface area contributed by atoms with Crippen LogP contribution in [0.2, 0.25) is 0 Å². The number of likely N-dealkylation sites (tertiary alicyclic amines) is 1. The zero-order chi connectivity index (χ0) is 14.5. The number of nitrogens with zero attached hydrogens (tertiary/aromatic N) is 2. The zero-order valence-corrected chi connectivity index (χ0v) is 12.7. The molecule has 1 aliphatic rings. The maximum atomic E-state index is 11.9. The third kappa shape index (κ3) is 3.48. The fourth-order valence-electron chi connectivity index (χ4n) is 2.61. The lowest BCUT2D eigenvalue weighted by Crippen LogP contribution is -2.32. The molecule has 0 unspecified atom stereocenters. The molecular formula is C17H24N2O. The predicted octanol–water partition coefficient (Wildman–Crippen LogP) is 2.82. The lowest BCUT2D eigenvalue weighted by molar-refractivity contribution is -0.117. The van der Waals surface area contributed by atoms with E-state index in [0.717, 1.165) is 37.3 Å². The summed E-state index contributed by atoms with van der Waals surface area (Å²) in [5.41, 5.74) is 3.28. The Labute approximate surface area is 121 Å². The molecule has 0 spiro atoms. The summed E-state index contributed by atoms with van der Waals surface area (Å²) < 4.78 is 0. The molecule has 0 saturated carbocycles. The van der Waals surface area contributed by atoms with Crippen molar-refractivity contribution in [1.29, 1.82) is 0 Å². The molecule has 3 heteroatoms. The van der Waals surface area contributed by atoms with Crippen molar-refractivity contribution in [3.63, 3.8) is 0 Å². The Balaban J connectivity index is 2.15. The number of ketones is 1. The summed E-state index contributed by atoms with van der Waals surface area (Å²) in [5, 5.41) is 0. The van der Waals surface area contributed by atoms with Crippen LogP contribution in [-0.2, 0) is 4.79 Å². The highest BCUT2D eigenvalue weighted by atomic mass is 16.1. The number of likely N-dealkylation sites (N-methyl/N-ethyl adjacent to an activating group) is 1. The van der Waals surface area contributed by atoms with E-state index in [1.807, 2.05) is 6.08 Å². The van der Waals surface area contributed by atoms with E-state index >= 15 is 0 Å². The molecule has 0 bridgehead atoms. The normalized spacial score (nSPS) is 18.6. The molecule has 1 aromatic rings. The quantitative estimate of drug-likeness (QED) is 0.787. The molecule has 0 aromatic heterocycles. The van der Waals surface area contributed by atoms with Crippen molar-refractivity contribution in [2.45, 2.75) is 20.3 Å². The molecule has 0 atom stereocenters. The molecule has 20 heavy (non-hydrogen) atoms. The Bertz CT molecular complexity index is 486. The summed E-state index contributed by atoms with van der Waals surface area (Å²) >= 11 is 0. The molecule has 3 nitrogen and oxygen atoms in total. The van der Waals surface area contributed by atoms with Gasteiger partial charge in [0.15, 0.2) is 5.78 Å². The predicted molar refractivity (Wildman–Crippen MR) is 85.1 cm³/mol. The Morgan fingerprint density at radius 2 is 1.85 bits per heavy atom. The third-order valence-electron chi connectivity index (χ3n) is 3.88. The van der Waals surface area contributed by atoms with Crippen LogP contribution >= 0.6 is 0 Å². The molecule has 1 fully saturated rings. The minimum atomic E-state index is 0.288. The van der Waals surface area contributed by atoms with Gasteiger partial charge in [0, 0.05) is 43.9 Å². The first kappa shape index (κ1) is 14.8. The van der Waals surface area contributed by atoms with Gasteiger partial charge in [-0.3, -0.25) is 4.79 Å². The van der Waals surface area contributed by atoms with E-state index in [-0.39, 0.29) is 5.78 Å². The maximum Gasteiger partial charge on any atom is 0.161 e. The molecule has 0 N–H and O–H groups in total. The van der Waals surface area contributed by atoms with Crippen molar-refractivity contribution in [3.8, 4) is 0 Å². The summed E-state index contributed by atoms with van der Waals surface area (Å²) in [5.74, 6) is 0.288. The van der Waals surface area contributed by atoms with Crippen molar-refractivity contribution in [1.82, 2.24) is 4.90 Å². The van der Waals surface area contributed by atoms with Crippen molar-refractivity contribution in [2.24, 2.45) is 0 Å². The molecule has 108 valence electrons. The summed E-state index contributed by atoms with van der Waals surface area (Å²) in [4.78, 5) is 16.4. The van der Waals surface area contributed by atoms with Gasteiger partial charge in [0.25, 0.3) is 0 Å². The van der Waals surface area contributed by atoms with E-state index < -0.39 is 0 Å². The second-order valence-electron chi connectivity index (χ2n) is 5.34. The monoisotopic (exact) mass is 272 g/mol. The minimum Gasteiger partial charge on any atom is -0.372 e. The first-order valence-corrected chi connectivity index (χ1v) is 7.41. The molecule has 0 aliphatic carbocycles. The highest BCUT2D eigenvalue weighted by Gasteiger charge is 2.18. The second-order valence-corrected chi connectivity index (χ2v) is 5.34. The molecule has 2 rings (SSSR count). The van der Waals surface area contributed by atoms with Gasteiger partial charge in [-0.25, -0.2) is 0 Å². The summed E-state index contributed by atoms with van der Waals surface area (Å²) in [7, 11) is 2.06. The first-order chi connectivity index (χ1) is 9.63. The number of anilines is 1. The van der Waals surface area contributed by atoms with Crippen LogP contribution in [0.25, 0.3) is 6.08 Å². The number of carbonyl (C=O) groups is 1. The standard InChI is InChI=1S/C17H24N2O/c1-4-19(5-2)16-8-6-14(7-9-16)12-15-13-18(3)11-10-17(15)20/h6-9,12H,4-5,10-11,13H2,1-3H3/b15-12+. The topological polar surface area (TPSA) is 23.6 Å². The molecule has 0 radical (unpaired) electrons. The maximum absolute atomic E-state index is 11.9. The van der Waals surface area contributed by atoms with Gasteiger partial charge < -0.3 is 9.80 Å². The Kier molecular flexibility index (Phi) is 4.96. The Morgan fingerprint density at radius 3 is 2.45 bits per heavy atom. The van der Waals surface area contributed by atoms with Crippen molar-refractivity contribution in [2.75, 3.05) is 38.1 Å². The van der Waals surface area contributed by atoms with Crippen LogP contribution < -0.4 is 4.90 Å². The van der Waals surface area contributed by atoms with E-state index in [2.05, 4.69) is 55.0 Å². The summed E-state index contributed by atoms with van der Waals surface area (Å²) in [6.45, 7) is 7.99. The van der Waals surface area contributed by atoms with Gasteiger partial charge in [-0.2, -0.15) is 0 Å². The first-order valence-electron chi connectivity index (χ1n) is 7.41. The molecule has 1 heterocycles. The van der Waals surface area contributed by atoms with E-state index in [4.69, 9.17) is 0 Å². The average Bonchev–Trinajstić information content (AvgIpc) is 2.46. The van der Waals surface area contributed by atoms with Crippen molar-refractivity contribution in [3.05, 3.63) is 35.4 Å². The summed E-state index contributed by atoms with van der Waals surface area (Å²) in [6.07, 6.45) is 2.67. The van der Waals surface area contributed by atoms with E-state index in [1.165, 1.54) is 5.69 Å². The fraction of sp³-hybridized carbons (Fsp3) is 0.471. The van der Waals surface area contributed by atoms with Crippen molar-refractivity contribution >= 4 is 17.5 Å². The van der Waals surface area contributed by atoms with Gasteiger partial charge in [0.05, 0.1) is 0 Å². The number of carbonyl (C=O) groups excluding carboxylic acids is 1. The number of hydrogen-bond acceptors (Lipinski definition) is 3. The number of rotatable bonds is 4. The van der Waals surface area contributed by atoms with Crippen LogP contribution in [0, 0.1) is 0 Å². The van der Waals surface area contributed by atoms with E-state index in [1.54, 1.807) is 0 Å². The molecular weight excluding hydrogens is 248 g/mol. The Hall–Kier alpha value is -1.61. The number of benzene rings is 1. The molecule has 1 aromatic carbocycles. The molecule has 1 aliphatic heterocycles. The third-order valence-corrected chi connectivity index (χ3v) is 3.88. The lowest BCUT2D eigenvalue weighted by Gasteiger charge is -2.23. The van der Waals surface area contributed by atoms with Crippen molar-refractivity contribution < 1.29 is 4.79 Å². The Morgan fingerprint density at radius 1 is 1.20 bits per heavy atom. The zero-order valence-electron chi connectivity index (χ0n) is 12.7. The van der Waals surface area contributed by atoms with E-state index in [0.29, 0.717) is 6.42 Å². The van der Waals surface area contributed by atoms with Gasteiger partial charge in [0.2, 0.25) is 0 Å². The van der Waals surface area contributed by atoms with Crippen LogP contribution in [0.3, 0.4) is 0 Å². The van der Waals surface area contributed by atoms with Crippen LogP contribution in [-0.4, -0.2) is 43.9 Å². The average molecular weight is 272 g/mol. The van der Waals surface area contributed by atoms with Crippen LogP contribution in [0.15, 0.2) is 29.8 Å². The number of hydrogen-bond donors (Lipinski definition) is 0. The molecule has 0 amide bonds. The highest BCUT2D eigenvalue weighted by molar-refractivity contribution is 6.00. The second kappa shape index (κ2) is 6.71. The van der Waals surface area contributed by atoms with Gasteiger partial charge in [0.1, 0.15) is 0 Å².